The molecule has 0 spiro atoms. The van der Waals surface area contributed by atoms with Crippen molar-refractivity contribution in [1.82, 2.24) is 4.98 Å². The van der Waals surface area contributed by atoms with E-state index in [4.69, 9.17) is 4.98 Å². The third kappa shape index (κ3) is 5.55. The van der Waals surface area contributed by atoms with Crippen molar-refractivity contribution in [2.45, 2.75) is 44.6 Å². The van der Waals surface area contributed by atoms with E-state index >= 15 is 0 Å². The fraction of sp³-hybridized carbons (Fsp3) is 0.421. The third-order valence-corrected chi connectivity index (χ3v) is 4.85. The summed E-state index contributed by atoms with van der Waals surface area (Å²) in [4.78, 5) is 4.75. The summed E-state index contributed by atoms with van der Waals surface area (Å²) in [7, 11) is 0. The maximum atomic E-state index is 4.75. The highest BCUT2D eigenvalue weighted by molar-refractivity contribution is 7.99. The van der Waals surface area contributed by atoms with Gasteiger partial charge in [-0.05, 0) is 30.2 Å². The molecule has 0 amide bonds. The van der Waals surface area contributed by atoms with Crippen molar-refractivity contribution in [2.24, 2.45) is 5.92 Å². The molecule has 1 nitrogen and oxygen atoms in total. The predicted octanol–water partition coefficient (Wildman–Crippen LogP) is 6.06. The number of hydrogen-bond donors (Lipinski definition) is 0. The standard InChI is InChI=1S/C19H25NS/c1-3-16(2)10-7-8-15-21-19-14-9-13-18(20-19)17-11-5-4-6-12-17/h4-6,9,11-14,16H,3,7-8,10,15H2,1-2H3. The largest absolute Gasteiger partial charge is 0.241 e. The predicted molar refractivity (Wildman–Crippen MR) is 93.7 cm³/mol. The van der Waals surface area contributed by atoms with Gasteiger partial charge < -0.3 is 0 Å². The SMILES string of the molecule is CCC(C)CCCCSc1cccc(-c2ccccc2)n1. The average Bonchev–Trinajstić information content (AvgIpc) is 2.55. The normalized spacial score (nSPS) is 12.3. The van der Waals surface area contributed by atoms with Crippen LogP contribution in [0.15, 0.2) is 53.6 Å². The van der Waals surface area contributed by atoms with E-state index in [9.17, 15) is 0 Å². The van der Waals surface area contributed by atoms with Gasteiger partial charge in [-0.3, -0.25) is 0 Å². The Balaban J connectivity index is 1.82. The Morgan fingerprint density at radius 2 is 1.81 bits per heavy atom. The van der Waals surface area contributed by atoms with Crippen LogP contribution >= 0.6 is 11.8 Å². The van der Waals surface area contributed by atoms with E-state index in [1.807, 2.05) is 17.8 Å². The van der Waals surface area contributed by atoms with Gasteiger partial charge in [0.1, 0.15) is 0 Å². The van der Waals surface area contributed by atoms with Gasteiger partial charge >= 0.3 is 0 Å². The second-order valence-electron chi connectivity index (χ2n) is 5.58. The lowest BCUT2D eigenvalue weighted by Crippen LogP contribution is -1.93. The summed E-state index contributed by atoms with van der Waals surface area (Å²) >= 11 is 1.88. The number of hydrogen-bond acceptors (Lipinski definition) is 2. The van der Waals surface area contributed by atoms with Crippen LogP contribution in [-0.4, -0.2) is 10.7 Å². The number of pyridine rings is 1. The summed E-state index contributed by atoms with van der Waals surface area (Å²) in [5.74, 6) is 2.04. The average molecular weight is 299 g/mol. The molecule has 2 rings (SSSR count). The molecule has 0 saturated carbocycles. The monoisotopic (exact) mass is 299 g/mol. The van der Waals surface area contributed by atoms with Crippen molar-refractivity contribution in [3.05, 3.63) is 48.5 Å². The molecule has 0 bridgehead atoms. The van der Waals surface area contributed by atoms with Crippen molar-refractivity contribution in [1.29, 1.82) is 0 Å². The van der Waals surface area contributed by atoms with Gasteiger partial charge in [-0.25, -0.2) is 4.98 Å². The van der Waals surface area contributed by atoms with Crippen LogP contribution in [0.5, 0.6) is 0 Å². The van der Waals surface area contributed by atoms with E-state index in [-0.39, 0.29) is 0 Å². The van der Waals surface area contributed by atoms with Crippen molar-refractivity contribution in [2.75, 3.05) is 5.75 Å². The summed E-state index contributed by atoms with van der Waals surface area (Å²) in [6, 6.07) is 16.7. The molecule has 0 saturated heterocycles. The number of aromatic nitrogens is 1. The Kier molecular flexibility index (Phi) is 6.81. The molecule has 0 aliphatic carbocycles. The molecule has 0 N–H and O–H groups in total. The first-order valence-electron chi connectivity index (χ1n) is 7.95. The summed E-state index contributed by atoms with van der Waals surface area (Å²) < 4.78 is 0. The molecule has 2 heteroatoms. The molecule has 0 aliphatic heterocycles. The Morgan fingerprint density at radius 1 is 1.00 bits per heavy atom. The van der Waals surface area contributed by atoms with E-state index in [1.165, 1.54) is 37.0 Å². The lowest BCUT2D eigenvalue weighted by molar-refractivity contribution is 0.493. The molecular weight excluding hydrogens is 274 g/mol. The summed E-state index contributed by atoms with van der Waals surface area (Å²) in [5, 5.41) is 1.14. The quantitative estimate of drug-likeness (QED) is 0.434. The smallest absolute Gasteiger partial charge is 0.0967 e. The van der Waals surface area contributed by atoms with Crippen LogP contribution in [0.1, 0.15) is 39.5 Å². The number of nitrogens with zero attached hydrogens (tertiary/aromatic N) is 1. The van der Waals surface area contributed by atoms with Crippen LogP contribution in [0.3, 0.4) is 0 Å². The highest BCUT2D eigenvalue weighted by Gasteiger charge is 2.02. The number of benzene rings is 1. The second kappa shape index (κ2) is 8.89. The Morgan fingerprint density at radius 3 is 2.57 bits per heavy atom. The molecule has 0 fully saturated rings. The van der Waals surface area contributed by atoms with Crippen LogP contribution in [-0.2, 0) is 0 Å². The highest BCUT2D eigenvalue weighted by Crippen LogP contribution is 2.23. The van der Waals surface area contributed by atoms with Gasteiger partial charge in [0.05, 0.1) is 10.7 Å². The molecule has 1 aromatic heterocycles. The summed E-state index contributed by atoms with van der Waals surface area (Å²) in [5.41, 5.74) is 2.26. The highest BCUT2D eigenvalue weighted by atomic mass is 32.2. The first kappa shape index (κ1) is 16.1. The molecule has 1 heterocycles. The van der Waals surface area contributed by atoms with Crippen molar-refractivity contribution < 1.29 is 0 Å². The van der Waals surface area contributed by atoms with Crippen molar-refractivity contribution in [3.63, 3.8) is 0 Å². The maximum absolute atomic E-state index is 4.75. The van der Waals surface area contributed by atoms with E-state index in [0.29, 0.717) is 0 Å². The molecule has 1 unspecified atom stereocenters. The molecule has 21 heavy (non-hydrogen) atoms. The van der Waals surface area contributed by atoms with Crippen LogP contribution in [0.2, 0.25) is 0 Å². The van der Waals surface area contributed by atoms with Crippen LogP contribution in [0.25, 0.3) is 11.3 Å². The topological polar surface area (TPSA) is 12.9 Å². The molecule has 112 valence electrons. The zero-order valence-electron chi connectivity index (χ0n) is 13.1. The fourth-order valence-electron chi connectivity index (χ4n) is 2.24. The number of thioether (sulfide) groups is 1. The van der Waals surface area contributed by atoms with E-state index in [0.717, 1.165) is 16.6 Å². The maximum Gasteiger partial charge on any atom is 0.0967 e. The van der Waals surface area contributed by atoms with Crippen molar-refractivity contribution >= 4 is 11.8 Å². The number of unbranched alkanes of at least 4 members (excludes halogenated alkanes) is 1. The first-order chi connectivity index (χ1) is 10.3. The molecule has 1 aromatic carbocycles. The van der Waals surface area contributed by atoms with Gasteiger partial charge in [-0.2, -0.15) is 0 Å². The second-order valence-corrected chi connectivity index (χ2v) is 6.70. The minimum atomic E-state index is 0.870. The Bertz CT molecular complexity index is 524. The zero-order chi connectivity index (χ0) is 14.9. The molecule has 0 radical (unpaired) electrons. The Hall–Kier alpha value is -1.28. The zero-order valence-corrected chi connectivity index (χ0v) is 13.9. The minimum absolute atomic E-state index is 0.870. The van der Waals surface area contributed by atoms with E-state index in [2.05, 4.69) is 56.3 Å². The van der Waals surface area contributed by atoms with Gasteiger partial charge in [0.15, 0.2) is 0 Å². The lowest BCUT2D eigenvalue weighted by Gasteiger charge is -2.07. The Labute approximate surface area is 133 Å². The van der Waals surface area contributed by atoms with Gasteiger partial charge in [0.25, 0.3) is 0 Å². The van der Waals surface area contributed by atoms with Gasteiger partial charge in [0.2, 0.25) is 0 Å². The van der Waals surface area contributed by atoms with Crippen LogP contribution in [0.4, 0.5) is 0 Å². The minimum Gasteiger partial charge on any atom is -0.241 e. The molecule has 1 atom stereocenters. The van der Waals surface area contributed by atoms with E-state index in [1.54, 1.807) is 0 Å². The van der Waals surface area contributed by atoms with Crippen molar-refractivity contribution in [3.8, 4) is 11.3 Å². The molecular formula is C19H25NS. The third-order valence-electron chi connectivity index (χ3n) is 3.83. The van der Waals surface area contributed by atoms with Gasteiger partial charge in [-0.15, -0.1) is 11.8 Å². The van der Waals surface area contributed by atoms with Gasteiger partial charge in [-0.1, -0.05) is 69.5 Å². The first-order valence-corrected chi connectivity index (χ1v) is 8.93. The molecule has 2 aromatic rings. The number of rotatable bonds is 8. The van der Waals surface area contributed by atoms with E-state index < -0.39 is 0 Å². The van der Waals surface area contributed by atoms with Crippen LogP contribution < -0.4 is 0 Å². The van der Waals surface area contributed by atoms with Gasteiger partial charge in [0, 0.05) is 5.56 Å². The van der Waals surface area contributed by atoms with Crippen LogP contribution in [0, 0.1) is 5.92 Å². The fourth-order valence-corrected chi connectivity index (χ4v) is 3.14. The molecule has 0 aliphatic rings. The summed E-state index contributed by atoms with van der Waals surface area (Å²) in [6.45, 7) is 4.62. The summed E-state index contributed by atoms with van der Waals surface area (Å²) in [6.07, 6.45) is 5.27. The lowest BCUT2D eigenvalue weighted by atomic mass is 10.0.